The van der Waals surface area contributed by atoms with Crippen molar-refractivity contribution in [3.63, 3.8) is 0 Å². The molecule has 2 amide bonds. The van der Waals surface area contributed by atoms with Crippen molar-refractivity contribution in [3.05, 3.63) is 47.0 Å². The molecule has 1 aliphatic heterocycles. The minimum Gasteiger partial charge on any atom is -0.484 e. The van der Waals surface area contributed by atoms with E-state index >= 15 is 0 Å². The Labute approximate surface area is 163 Å². The lowest BCUT2D eigenvalue weighted by atomic mass is 10.0. The molecule has 9 heteroatoms. The zero-order valence-electron chi connectivity index (χ0n) is 13.9. The van der Waals surface area contributed by atoms with Gasteiger partial charge in [-0.1, -0.05) is 29.4 Å². The summed E-state index contributed by atoms with van der Waals surface area (Å²) in [5.74, 6) is -2.71. The van der Waals surface area contributed by atoms with Crippen molar-refractivity contribution in [3.8, 4) is 5.75 Å². The van der Waals surface area contributed by atoms with Crippen molar-refractivity contribution in [2.24, 2.45) is 0 Å². The molecule has 0 aromatic heterocycles. The molecule has 0 saturated carbocycles. The number of halogens is 3. The highest BCUT2D eigenvalue weighted by molar-refractivity contribution is 7.99. The van der Waals surface area contributed by atoms with Gasteiger partial charge in [-0.25, -0.2) is 0 Å². The van der Waals surface area contributed by atoms with E-state index in [2.05, 4.69) is 10.6 Å². The maximum absolute atomic E-state index is 12.7. The third kappa shape index (κ3) is 5.11. The van der Waals surface area contributed by atoms with Crippen LogP contribution in [-0.4, -0.2) is 24.2 Å². The van der Waals surface area contributed by atoms with Gasteiger partial charge in [0.1, 0.15) is 5.75 Å². The van der Waals surface area contributed by atoms with Crippen LogP contribution >= 0.6 is 23.4 Å². The summed E-state index contributed by atoms with van der Waals surface area (Å²) >= 11 is 6.21. The van der Waals surface area contributed by atoms with Gasteiger partial charge in [-0.3, -0.25) is 9.59 Å². The maximum atomic E-state index is 12.7. The molecule has 0 atom stereocenters. The predicted molar refractivity (Wildman–Crippen MR) is 101 cm³/mol. The highest BCUT2D eigenvalue weighted by Gasteiger charge is 2.17. The molecular formula is C18H15ClF2N2O3S. The van der Waals surface area contributed by atoms with E-state index in [4.69, 9.17) is 16.3 Å². The van der Waals surface area contributed by atoms with E-state index in [1.54, 1.807) is 24.3 Å². The van der Waals surface area contributed by atoms with Gasteiger partial charge in [0.05, 0.1) is 15.6 Å². The van der Waals surface area contributed by atoms with Crippen LogP contribution in [0.4, 0.5) is 20.2 Å². The summed E-state index contributed by atoms with van der Waals surface area (Å²) in [5.41, 5.74) is 1.86. The molecule has 142 valence electrons. The highest BCUT2D eigenvalue weighted by atomic mass is 35.5. The van der Waals surface area contributed by atoms with Gasteiger partial charge in [0, 0.05) is 12.1 Å². The van der Waals surface area contributed by atoms with Crippen molar-refractivity contribution < 1.29 is 23.1 Å². The van der Waals surface area contributed by atoms with E-state index < -0.39 is 11.7 Å². The summed E-state index contributed by atoms with van der Waals surface area (Å²) < 4.78 is 30.9. The van der Waals surface area contributed by atoms with E-state index in [1.807, 2.05) is 0 Å². The Hall–Kier alpha value is -2.32. The van der Waals surface area contributed by atoms with Crippen LogP contribution in [0.3, 0.4) is 0 Å². The average molecular weight is 413 g/mol. The van der Waals surface area contributed by atoms with Gasteiger partial charge in [0.2, 0.25) is 5.91 Å². The lowest BCUT2D eigenvalue weighted by molar-refractivity contribution is -0.118. The van der Waals surface area contributed by atoms with Gasteiger partial charge in [-0.05, 0) is 42.3 Å². The van der Waals surface area contributed by atoms with Gasteiger partial charge in [-0.15, -0.1) is 0 Å². The van der Waals surface area contributed by atoms with Crippen LogP contribution in [0.1, 0.15) is 12.0 Å². The quantitative estimate of drug-likeness (QED) is 0.683. The maximum Gasteiger partial charge on any atom is 0.289 e. The molecular weight excluding hydrogens is 398 g/mol. The molecule has 27 heavy (non-hydrogen) atoms. The normalized spacial score (nSPS) is 13.1. The Morgan fingerprint density at radius 2 is 2.11 bits per heavy atom. The minimum absolute atomic E-state index is 0.0328. The van der Waals surface area contributed by atoms with Crippen molar-refractivity contribution in [2.75, 3.05) is 17.2 Å². The number of anilines is 2. The Balaban J connectivity index is 1.62. The number of aryl methyl sites for hydroxylation is 1. The monoisotopic (exact) mass is 412 g/mol. The molecule has 0 fully saturated rings. The number of hydrogen-bond acceptors (Lipinski definition) is 4. The third-order valence-electron chi connectivity index (χ3n) is 3.79. The number of alkyl halides is 2. The van der Waals surface area contributed by atoms with E-state index in [0.717, 1.165) is 11.3 Å². The number of ether oxygens (including phenoxy) is 1. The molecule has 0 bridgehead atoms. The summed E-state index contributed by atoms with van der Waals surface area (Å²) in [5, 5.41) is 5.43. The summed E-state index contributed by atoms with van der Waals surface area (Å²) in [6.45, 7) is -0.295. The minimum atomic E-state index is -2.66. The fourth-order valence-corrected chi connectivity index (χ4v) is 3.51. The summed E-state index contributed by atoms with van der Waals surface area (Å²) in [7, 11) is 0. The predicted octanol–water partition coefficient (Wildman–Crippen LogP) is 4.56. The van der Waals surface area contributed by atoms with Crippen LogP contribution in [0, 0.1) is 0 Å². The van der Waals surface area contributed by atoms with Gasteiger partial charge in [0.25, 0.3) is 11.7 Å². The zero-order valence-corrected chi connectivity index (χ0v) is 15.5. The van der Waals surface area contributed by atoms with Crippen molar-refractivity contribution in [1.29, 1.82) is 0 Å². The fourth-order valence-electron chi connectivity index (χ4n) is 2.60. The smallest absolute Gasteiger partial charge is 0.289 e. The van der Waals surface area contributed by atoms with Gasteiger partial charge < -0.3 is 15.4 Å². The molecule has 1 heterocycles. The molecule has 0 unspecified atom stereocenters. The van der Waals surface area contributed by atoms with Gasteiger partial charge in [-0.2, -0.15) is 8.78 Å². The fraction of sp³-hybridized carbons (Fsp3) is 0.222. The largest absolute Gasteiger partial charge is 0.484 e. The zero-order chi connectivity index (χ0) is 19.4. The third-order valence-corrected chi connectivity index (χ3v) is 5.07. The topological polar surface area (TPSA) is 67.4 Å². The van der Waals surface area contributed by atoms with Gasteiger partial charge in [0.15, 0.2) is 6.61 Å². The van der Waals surface area contributed by atoms with E-state index in [-0.39, 0.29) is 39.9 Å². The first-order valence-corrected chi connectivity index (χ1v) is 9.27. The molecule has 0 radical (unpaired) electrons. The second-order valence-corrected chi connectivity index (χ2v) is 7.11. The van der Waals surface area contributed by atoms with E-state index in [1.165, 1.54) is 12.1 Å². The first-order chi connectivity index (χ1) is 12.9. The molecule has 2 aromatic carbocycles. The number of nitrogens with one attached hydrogen (secondary N) is 2. The van der Waals surface area contributed by atoms with Crippen LogP contribution in [0.2, 0.25) is 5.02 Å². The first kappa shape index (κ1) is 19.4. The Bertz CT molecular complexity index is 880. The lowest BCUT2D eigenvalue weighted by Gasteiger charge is -2.17. The van der Waals surface area contributed by atoms with Crippen LogP contribution in [0.5, 0.6) is 5.75 Å². The summed E-state index contributed by atoms with van der Waals surface area (Å²) in [6, 6.07) is 9.66. The number of benzene rings is 2. The van der Waals surface area contributed by atoms with E-state index in [9.17, 15) is 18.4 Å². The van der Waals surface area contributed by atoms with Crippen molar-refractivity contribution in [2.45, 2.75) is 23.5 Å². The lowest BCUT2D eigenvalue weighted by Crippen LogP contribution is -2.21. The molecule has 2 aromatic rings. The molecule has 0 saturated heterocycles. The number of amides is 2. The first-order valence-electron chi connectivity index (χ1n) is 8.01. The Morgan fingerprint density at radius 1 is 1.30 bits per heavy atom. The van der Waals surface area contributed by atoms with Crippen LogP contribution in [-0.2, 0) is 16.0 Å². The van der Waals surface area contributed by atoms with Crippen LogP contribution < -0.4 is 15.4 Å². The second-order valence-electron chi connectivity index (χ2n) is 5.70. The second kappa shape index (κ2) is 8.58. The molecule has 0 spiro atoms. The van der Waals surface area contributed by atoms with E-state index in [0.29, 0.717) is 18.6 Å². The number of rotatable bonds is 6. The number of thioether (sulfide) groups is 1. The SMILES string of the molecule is O=C1CCc2cc(OCC(=O)Nc3cccc(Cl)c3SC(F)F)ccc2N1. The number of hydrogen-bond donors (Lipinski definition) is 2. The molecule has 3 rings (SSSR count). The summed E-state index contributed by atoms with van der Waals surface area (Å²) in [4.78, 5) is 23.6. The van der Waals surface area contributed by atoms with Crippen molar-refractivity contribution in [1.82, 2.24) is 0 Å². The summed E-state index contributed by atoms with van der Waals surface area (Å²) in [6.07, 6.45) is 0.998. The standard InChI is InChI=1S/C18H15ClF2N2O3S/c19-12-2-1-3-14(17(12)27-18(20)21)23-16(25)9-26-11-5-6-13-10(8-11)4-7-15(24)22-13/h1-3,5-6,8,18H,4,7,9H2,(H,22,24)(H,23,25). The highest BCUT2D eigenvalue weighted by Crippen LogP contribution is 2.37. The molecule has 1 aliphatic rings. The number of carbonyl (C=O) groups excluding carboxylic acids is 2. The van der Waals surface area contributed by atoms with Crippen LogP contribution in [0.15, 0.2) is 41.3 Å². The number of carbonyl (C=O) groups is 2. The van der Waals surface area contributed by atoms with Crippen LogP contribution in [0.25, 0.3) is 0 Å². The average Bonchev–Trinajstić information content (AvgIpc) is 2.62. The molecule has 5 nitrogen and oxygen atoms in total. The molecule has 0 aliphatic carbocycles. The number of fused-ring (bicyclic) bond motifs is 1. The molecule has 2 N–H and O–H groups in total. The Kier molecular flexibility index (Phi) is 6.18. The Morgan fingerprint density at radius 3 is 2.89 bits per heavy atom. The van der Waals surface area contributed by atoms with Crippen molar-refractivity contribution >= 4 is 46.6 Å². The van der Waals surface area contributed by atoms with Gasteiger partial charge >= 0.3 is 0 Å².